The number of primary amides is 1. The van der Waals surface area contributed by atoms with E-state index in [1.165, 1.54) is 6.42 Å². The molecule has 2 amide bonds. The van der Waals surface area contributed by atoms with Crippen LogP contribution in [-0.2, 0) is 24.2 Å². The molecule has 1 atom stereocenters. The quantitative estimate of drug-likeness (QED) is 0.460. The number of aromatic nitrogens is 2. The Bertz CT molecular complexity index is 1370. The summed E-state index contributed by atoms with van der Waals surface area (Å²) in [6, 6.07) is 11.9. The van der Waals surface area contributed by atoms with E-state index >= 15 is 0 Å². The van der Waals surface area contributed by atoms with Crippen molar-refractivity contribution in [2.45, 2.75) is 52.1 Å². The predicted octanol–water partition coefficient (Wildman–Crippen LogP) is 2.17. The zero-order valence-electron chi connectivity index (χ0n) is 21.9. The first-order valence-corrected chi connectivity index (χ1v) is 12.9. The number of benzene rings is 1. The normalized spacial score (nSPS) is 15.8. The lowest BCUT2D eigenvalue weighted by atomic mass is 10.0. The second-order valence-electron chi connectivity index (χ2n) is 9.74. The van der Waals surface area contributed by atoms with Gasteiger partial charge < -0.3 is 20.9 Å². The number of anilines is 1. The summed E-state index contributed by atoms with van der Waals surface area (Å²) in [5, 5.41) is 0.311. The van der Waals surface area contributed by atoms with Gasteiger partial charge in [-0.25, -0.2) is 4.98 Å². The van der Waals surface area contributed by atoms with Crippen LogP contribution in [-0.4, -0.2) is 63.9 Å². The van der Waals surface area contributed by atoms with Gasteiger partial charge in [0.2, 0.25) is 11.3 Å². The van der Waals surface area contributed by atoms with Gasteiger partial charge in [0.05, 0.1) is 11.8 Å². The molecule has 9 heteroatoms. The lowest BCUT2D eigenvalue weighted by Gasteiger charge is -2.27. The van der Waals surface area contributed by atoms with Gasteiger partial charge in [0.1, 0.15) is 17.0 Å². The predicted molar refractivity (Wildman–Crippen MR) is 145 cm³/mol. The van der Waals surface area contributed by atoms with Gasteiger partial charge in [-0.15, -0.1) is 0 Å². The smallest absolute Gasteiger partial charge is 0.256 e. The molecule has 0 aliphatic carbocycles. The second-order valence-corrected chi connectivity index (χ2v) is 9.74. The average Bonchev–Trinajstić information content (AvgIpc) is 3.32. The van der Waals surface area contributed by atoms with E-state index in [2.05, 4.69) is 16.8 Å². The Morgan fingerprint density at radius 1 is 1.08 bits per heavy atom. The number of carbonyl (C=O) groups is 2. The molecule has 1 aliphatic heterocycles. The van der Waals surface area contributed by atoms with Crippen molar-refractivity contribution < 1.29 is 9.59 Å². The molecular formula is C28H36N6O3. The molecule has 0 saturated carbocycles. The summed E-state index contributed by atoms with van der Waals surface area (Å²) < 4.78 is 1.64. The molecule has 37 heavy (non-hydrogen) atoms. The number of rotatable bonds is 9. The number of hydrogen-bond donors (Lipinski definition) is 2. The Kier molecular flexibility index (Phi) is 7.92. The molecule has 3 aromatic rings. The van der Waals surface area contributed by atoms with Gasteiger partial charge >= 0.3 is 0 Å². The third-order valence-corrected chi connectivity index (χ3v) is 7.35. The van der Waals surface area contributed by atoms with Crippen LogP contribution in [0.5, 0.6) is 0 Å². The third-order valence-electron chi connectivity index (χ3n) is 7.35. The summed E-state index contributed by atoms with van der Waals surface area (Å²) in [6.45, 7) is 7.39. The van der Waals surface area contributed by atoms with E-state index in [9.17, 15) is 14.4 Å². The molecule has 9 nitrogen and oxygen atoms in total. The van der Waals surface area contributed by atoms with Gasteiger partial charge in [0, 0.05) is 38.3 Å². The Labute approximate surface area is 217 Å². The fourth-order valence-electron chi connectivity index (χ4n) is 5.26. The van der Waals surface area contributed by atoms with Crippen molar-refractivity contribution in [2.75, 3.05) is 32.4 Å². The minimum atomic E-state index is -0.845. The number of hydrogen-bond acceptors (Lipinski definition) is 6. The summed E-state index contributed by atoms with van der Waals surface area (Å²) in [7, 11) is 1.89. The van der Waals surface area contributed by atoms with Crippen molar-refractivity contribution in [2.24, 2.45) is 5.73 Å². The molecule has 3 heterocycles. The van der Waals surface area contributed by atoms with Crippen molar-refractivity contribution in [1.29, 1.82) is 0 Å². The molecule has 0 spiro atoms. The summed E-state index contributed by atoms with van der Waals surface area (Å²) in [5.41, 5.74) is 14.0. The molecule has 1 aliphatic rings. The van der Waals surface area contributed by atoms with Crippen molar-refractivity contribution in [3.05, 3.63) is 69.0 Å². The largest absolute Gasteiger partial charge is 0.384 e. The van der Waals surface area contributed by atoms with Crippen molar-refractivity contribution in [3.8, 4) is 0 Å². The Morgan fingerprint density at radius 3 is 2.43 bits per heavy atom. The van der Waals surface area contributed by atoms with Crippen LogP contribution in [0.2, 0.25) is 0 Å². The van der Waals surface area contributed by atoms with E-state index in [0.29, 0.717) is 36.5 Å². The van der Waals surface area contributed by atoms with Crippen LogP contribution in [0.3, 0.4) is 0 Å². The molecule has 4 rings (SSSR count). The summed E-state index contributed by atoms with van der Waals surface area (Å²) in [5.74, 6) is -0.689. The van der Waals surface area contributed by atoms with Crippen LogP contribution in [0.15, 0.2) is 41.2 Å². The van der Waals surface area contributed by atoms with Gasteiger partial charge in [-0.3, -0.25) is 19.3 Å². The number of amides is 2. The fraction of sp³-hybridized carbons (Fsp3) is 0.429. The van der Waals surface area contributed by atoms with E-state index in [1.54, 1.807) is 16.7 Å². The SMILES string of the molecule is CCN1CCCC1CN(C)C(=O)Cc1ccc(Cc2ccc3c(=O)c(C(N)=O)c(N)n(CC)c3n2)cc1. The highest BCUT2D eigenvalue weighted by Gasteiger charge is 2.25. The summed E-state index contributed by atoms with van der Waals surface area (Å²) in [6.07, 6.45) is 3.27. The van der Waals surface area contributed by atoms with Gasteiger partial charge in [-0.2, -0.15) is 0 Å². The van der Waals surface area contributed by atoms with Gasteiger partial charge in [0.25, 0.3) is 5.91 Å². The first-order chi connectivity index (χ1) is 17.7. The van der Waals surface area contributed by atoms with Crippen LogP contribution in [0, 0.1) is 0 Å². The van der Waals surface area contributed by atoms with Crippen molar-refractivity contribution in [3.63, 3.8) is 0 Å². The van der Waals surface area contributed by atoms with Crippen molar-refractivity contribution in [1.82, 2.24) is 19.4 Å². The zero-order chi connectivity index (χ0) is 26.7. The molecular weight excluding hydrogens is 468 g/mol. The lowest BCUT2D eigenvalue weighted by Crippen LogP contribution is -2.41. The molecule has 1 aromatic carbocycles. The van der Waals surface area contributed by atoms with E-state index in [-0.39, 0.29) is 17.3 Å². The van der Waals surface area contributed by atoms with Crippen molar-refractivity contribution >= 4 is 28.7 Å². The molecule has 0 bridgehead atoms. The van der Waals surface area contributed by atoms with Crippen LogP contribution >= 0.6 is 0 Å². The van der Waals surface area contributed by atoms with E-state index in [0.717, 1.165) is 42.9 Å². The van der Waals surface area contributed by atoms with E-state index in [4.69, 9.17) is 11.5 Å². The Balaban J connectivity index is 1.46. The molecule has 1 saturated heterocycles. The maximum Gasteiger partial charge on any atom is 0.256 e. The zero-order valence-corrected chi connectivity index (χ0v) is 21.9. The number of likely N-dealkylation sites (tertiary alicyclic amines) is 1. The highest BCUT2D eigenvalue weighted by Crippen LogP contribution is 2.20. The van der Waals surface area contributed by atoms with E-state index < -0.39 is 11.3 Å². The highest BCUT2D eigenvalue weighted by molar-refractivity contribution is 6.00. The Hall–Kier alpha value is -3.72. The molecule has 1 unspecified atom stereocenters. The number of nitrogen functional groups attached to an aromatic ring is 1. The standard InChI is InChI=1S/C28H36N6O3/c1-4-33-14-6-7-21(33)17-32(3)23(35)16-19-10-8-18(9-11-19)15-20-12-13-22-25(36)24(27(30)37)26(29)34(5-2)28(22)31-20/h8-13,21H,4-7,14-17,29H2,1-3H3,(H2,30,37). The topological polar surface area (TPSA) is 128 Å². The first kappa shape index (κ1) is 26.3. The minimum absolute atomic E-state index is 0.0338. The third kappa shape index (κ3) is 5.51. The second kappa shape index (κ2) is 11.1. The Morgan fingerprint density at radius 2 is 1.78 bits per heavy atom. The van der Waals surface area contributed by atoms with Crippen LogP contribution < -0.4 is 16.9 Å². The van der Waals surface area contributed by atoms with Gasteiger partial charge in [-0.1, -0.05) is 31.2 Å². The maximum absolute atomic E-state index is 12.8. The maximum atomic E-state index is 12.8. The van der Waals surface area contributed by atoms with Crippen LogP contribution in [0.4, 0.5) is 5.82 Å². The number of nitrogens with zero attached hydrogens (tertiary/aromatic N) is 4. The highest BCUT2D eigenvalue weighted by atomic mass is 16.2. The molecule has 1 fully saturated rings. The monoisotopic (exact) mass is 504 g/mol. The molecule has 2 aromatic heterocycles. The number of likely N-dealkylation sites (N-methyl/N-ethyl adjacent to an activating group) is 2. The molecule has 4 N–H and O–H groups in total. The molecule has 0 radical (unpaired) electrons. The number of nitrogens with two attached hydrogens (primary N) is 2. The van der Waals surface area contributed by atoms with Crippen LogP contribution in [0.25, 0.3) is 11.0 Å². The molecule has 196 valence electrons. The van der Waals surface area contributed by atoms with E-state index in [1.807, 2.05) is 43.1 Å². The minimum Gasteiger partial charge on any atom is -0.384 e. The number of carbonyl (C=O) groups excluding carboxylic acids is 2. The number of aryl methyl sites for hydroxylation is 1. The average molecular weight is 505 g/mol. The number of pyridine rings is 2. The summed E-state index contributed by atoms with van der Waals surface area (Å²) >= 11 is 0. The van der Waals surface area contributed by atoms with Crippen LogP contribution in [0.1, 0.15) is 53.9 Å². The fourth-order valence-corrected chi connectivity index (χ4v) is 5.26. The van der Waals surface area contributed by atoms with Gasteiger partial charge in [-0.05, 0) is 56.1 Å². The summed E-state index contributed by atoms with van der Waals surface area (Å²) in [4.78, 5) is 46.3. The first-order valence-electron chi connectivity index (χ1n) is 12.9. The van der Waals surface area contributed by atoms with Gasteiger partial charge in [0.15, 0.2) is 0 Å². The number of fused-ring (bicyclic) bond motifs is 1. The lowest BCUT2D eigenvalue weighted by molar-refractivity contribution is -0.129.